The fourth-order valence-corrected chi connectivity index (χ4v) is 4.57. The van der Waals surface area contributed by atoms with Gasteiger partial charge in [0.1, 0.15) is 0 Å². The van der Waals surface area contributed by atoms with Crippen LogP contribution in [0.15, 0.2) is 71.9 Å². The highest BCUT2D eigenvalue weighted by Gasteiger charge is 2.18. The molecule has 5 heteroatoms. The van der Waals surface area contributed by atoms with Gasteiger partial charge in [-0.15, -0.1) is 11.8 Å². The summed E-state index contributed by atoms with van der Waals surface area (Å²) in [7, 11) is 0. The smallest absolute Gasteiger partial charge is 0.255 e. The Morgan fingerprint density at radius 1 is 1.04 bits per heavy atom. The zero-order valence-electron chi connectivity index (χ0n) is 14.5. The minimum Gasteiger partial charge on any atom is -0.321 e. The Bertz CT molecular complexity index is 869. The number of nitrogens with zero attached hydrogens (tertiary/aromatic N) is 2. The van der Waals surface area contributed by atoms with E-state index in [2.05, 4.69) is 16.5 Å². The Kier molecular flexibility index (Phi) is 5.07. The number of thioether (sulfide) groups is 1. The van der Waals surface area contributed by atoms with Crippen molar-refractivity contribution in [3.8, 4) is 5.69 Å². The van der Waals surface area contributed by atoms with Gasteiger partial charge in [0.15, 0.2) is 0 Å². The molecule has 0 spiro atoms. The van der Waals surface area contributed by atoms with Crippen LogP contribution in [-0.4, -0.2) is 20.9 Å². The summed E-state index contributed by atoms with van der Waals surface area (Å²) in [6.45, 7) is 0. The molecule has 1 fully saturated rings. The molecule has 0 bridgehead atoms. The fraction of sp³-hybridized carbons (Fsp3) is 0.238. The number of para-hydroxylation sites is 1. The van der Waals surface area contributed by atoms with Crippen molar-refractivity contribution in [3.05, 3.63) is 72.6 Å². The summed E-state index contributed by atoms with van der Waals surface area (Å²) in [6.07, 6.45) is 8.78. The average molecular weight is 363 g/mol. The average Bonchev–Trinajstić information content (AvgIpc) is 3.37. The van der Waals surface area contributed by atoms with Crippen molar-refractivity contribution in [2.75, 3.05) is 5.32 Å². The molecule has 0 unspecified atom stereocenters. The van der Waals surface area contributed by atoms with E-state index in [0.717, 1.165) is 16.3 Å². The zero-order valence-corrected chi connectivity index (χ0v) is 15.3. The minimum absolute atomic E-state index is 0.0866. The molecule has 1 heterocycles. The maximum absolute atomic E-state index is 12.7. The molecule has 0 saturated heterocycles. The standard InChI is InChI=1S/C21H21N3OS/c25-21(16-10-12-17(13-11-16)24-15-5-14-22-24)23-19-8-3-4-9-20(19)26-18-6-1-2-7-18/h3-5,8-15,18H,1-2,6-7H2,(H,23,25). The highest BCUT2D eigenvalue weighted by atomic mass is 32.2. The molecule has 132 valence electrons. The number of carbonyl (C=O) groups is 1. The van der Waals surface area contributed by atoms with Gasteiger partial charge in [-0.05, 0) is 55.3 Å². The number of hydrogen-bond acceptors (Lipinski definition) is 3. The molecule has 1 saturated carbocycles. The van der Waals surface area contributed by atoms with Crippen molar-refractivity contribution < 1.29 is 4.79 Å². The van der Waals surface area contributed by atoms with E-state index in [-0.39, 0.29) is 5.91 Å². The molecule has 1 aliphatic carbocycles. The first-order valence-electron chi connectivity index (χ1n) is 8.97. The van der Waals surface area contributed by atoms with Crippen molar-refractivity contribution in [2.24, 2.45) is 0 Å². The Balaban J connectivity index is 1.47. The number of carbonyl (C=O) groups excluding carboxylic acids is 1. The SMILES string of the molecule is O=C(Nc1ccccc1SC1CCCC1)c1ccc(-n2cccn2)cc1. The number of nitrogens with one attached hydrogen (secondary N) is 1. The van der Waals surface area contributed by atoms with E-state index in [1.165, 1.54) is 25.7 Å². The highest BCUT2D eigenvalue weighted by molar-refractivity contribution is 8.00. The van der Waals surface area contributed by atoms with Crippen LogP contribution < -0.4 is 5.32 Å². The summed E-state index contributed by atoms with van der Waals surface area (Å²) in [4.78, 5) is 13.8. The lowest BCUT2D eigenvalue weighted by atomic mass is 10.2. The molecule has 4 rings (SSSR count). The molecule has 1 N–H and O–H groups in total. The van der Waals surface area contributed by atoms with E-state index in [4.69, 9.17) is 0 Å². The lowest BCUT2D eigenvalue weighted by molar-refractivity contribution is 0.102. The number of aromatic nitrogens is 2. The van der Waals surface area contributed by atoms with E-state index in [0.29, 0.717) is 10.8 Å². The highest BCUT2D eigenvalue weighted by Crippen LogP contribution is 2.38. The van der Waals surface area contributed by atoms with Crippen molar-refractivity contribution >= 4 is 23.4 Å². The summed E-state index contributed by atoms with van der Waals surface area (Å²) < 4.78 is 1.77. The third kappa shape index (κ3) is 3.83. The van der Waals surface area contributed by atoms with Crippen LogP contribution in [0.4, 0.5) is 5.69 Å². The molecule has 4 nitrogen and oxygen atoms in total. The van der Waals surface area contributed by atoms with Crippen LogP contribution in [0.1, 0.15) is 36.0 Å². The molecule has 1 aliphatic rings. The second kappa shape index (κ2) is 7.79. The van der Waals surface area contributed by atoms with Crippen LogP contribution in [0, 0.1) is 0 Å². The summed E-state index contributed by atoms with van der Waals surface area (Å²) in [5, 5.41) is 7.94. The number of anilines is 1. The van der Waals surface area contributed by atoms with Crippen LogP contribution in [0.3, 0.4) is 0 Å². The quantitative estimate of drug-likeness (QED) is 0.681. The van der Waals surface area contributed by atoms with Crippen LogP contribution in [0.25, 0.3) is 5.69 Å². The molecule has 0 radical (unpaired) electrons. The minimum atomic E-state index is -0.0866. The van der Waals surface area contributed by atoms with Gasteiger partial charge in [-0.2, -0.15) is 5.10 Å². The van der Waals surface area contributed by atoms with Crippen molar-refractivity contribution in [3.63, 3.8) is 0 Å². The summed E-state index contributed by atoms with van der Waals surface area (Å²) in [5.74, 6) is -0.0866. The maximum atomic E-state index is 12.7. The molecule has 26 heavy (non-hydrogen) atoms. The number of benzene rings is 2. The van der Waals surface area contributed by atoms with Gasteiger partial charge >= 0.3 is 0 Å². The Hall–Kier alpha value is -2.53. The van der Waals surface area contributed by atoms with Crippen LogP contribution in [0.2, 0.25) is 0 Å². The molecule has 3 aromatic rings. The molecule has 0 aliphatic heterocycles. The topological polar surface area (TPSA) is 46.9 Å². The van der Waals surface area contributed by atoms with Gasteiger partial charge in [-0.25, -0.2) is 4.68 Å². The summed E-state index contributed by atoms with van der Waals surface area (Å²) in [5.41, 5.74) is 2.47. The summed E-state index contributed by atoms with van der Waals surface area (Å²) >= 11 is 1.89. The normalized spacial score (nSPS) is 14.5. The van der Waals surface area contributed by atoms with Crippen molar-refractivity contribution in [1.82, 2.24) is 9.78 Å². The molecular weight excluding hydrogens is 342 g/mol. The molecule has 1 aromatic heterocycles. The maximum Gasteiger partial charge on any atom is 0.255 e. The second-order valence-electron chi connectivity index (χ2n) is 6.47. The molecule has 2 aromatic carbocycles. The largest absolute Gasteiger partial charge is 0.321 e. The Morgan fingerprint density at radius 3 is 2.54 bits per heavy atom. The number of hydrogen-bond donors (Lipinski definition) is 1. The monoisotopic (exact) mass is 363 g/mol. The molecule has 1 amide bonds. The van der Waals surface area contributed by atoms with Crippen LogP contribution in [-0.2, 0) is 0 Å². The van der Waals surface area contributed by atoms with Gasteiger partial charge in [-0.1, -0.05) is 25.0 Å². The van der Waals surface area contributed by atoms with E-state index in [1.54, 1.807) is 10.9 Å². The van der Waals surface area contributed by atoms with E-state index in [9.17, 15) is 4.79 Å². The number of rotatable bonds is 5. The van der Waals surface area contributed by atoms with Gasteiger partial charge in [-0.3, -0.25) is 4.79 Å². The summed E-state index contributed by atoms with van der Waals surface area (Å²) in [6, 6.07) is 17.4. The van der Waals surface area contributed by atoms with Gasteiger partial charge in [0.05, 0.1) is 11.4 Å². The second-order valence-corrected chi connectivity index (χ2v) is 7.81. The van der Waals surface area contributed by atoms with Gasteiger partial charge in [0.25, 0.3) is 5.91 Å². The van der Waals surface area contributed by atoms with Gasteiger partial charge in [0, 0.05) is 28.1 Å². The first-order chi connectivity index (χ1) is 12.8. The Labute approximate surface area is 157 Å². The third-order valence-corrected chi connectivity index (χ3v) is 6.04. The predicted octanol–water partition coefficient (Wildman–Crippen LogP) is 5.16. The van der Waals surface area contributed by atoms with E-state index < -0.39 is 0 Å². The third-order valence-electron chi connectivity index (χ3n) is 4.63. The Morgan fingerprint density at radius 2 is 1.81 bits per heavy atom. The lowest BCUT2D eigenvalue weighted by Crippen LogP contribution is -2.13. The van der Waals surface area contributed by atoms with E-state index in [1.807, 2.05) is 66.5 Å². The zero-order chi connectivity index (χ0) is 17.8. The number of amides is 1. The molecular formula is C21H21N3OS. The van der Waals surface area contributed by atoms with E-state index >= 15 is 0 Å². The lowest BCUT2D eigenvalue weighted by Gasteiger charge is -2.14. The van der Waals surface area contributed by atoms with Gasteiger partial charge in [0.2, 0.25) is 0 Å². The molecule has 0 atom stereocenters. The predicted molar refractivity (Wildman–Crippen MR) is 106 cm³/mol. The van der Waals surface area contributed by atoms with Crippen LogP contribution >= 0.6 is 11.8 Å². The fourth-order valence-electron chi connectivity index (χ4n) is 3.24. The van der Waals surface area contributed by atoms with Gasteiger partial charge < -0.3 is 5.32 Å². The first kappa shape index (κ1) is 16.9. The first-order valence-corrected chi connectivity index (χ1v) is 9.85. The van der Waals surface area contributed by atoms with Crippen molar-refractivity contribution in [1.29, 1.82) is 0 Å². The van der Waals surface area contributed by atoms with Crippen LogP contribution in [0.5, 0.6) is 0 Å². The van der Waals surface area contributed by atoms with Crippen molar-refractivity contribution in [2.45, 2.75) is 35.8 Å².